The van der Waals surface area contributed by atoms with Crippen LogP contribution in [0.15, 0.2) is 59.3 Å². The molecule has 2 aromatic carbocycles. The van der Waals surface area contributed by atoms with Gasteiger partial charge in [-0.05, 0) is 53.9 Å². The maximum absolute atomic E-state index is 13.0. The Bertz CT molecular complexity index is 1110. The third-order valence-electron chi connectivity index (χ3n) is 4.45. The monoisotopic (exact) mass is 497 g/mol. The summed E-state index contributed by atoms with van der Waals surface area (Å²) in [5.74, 6) is 0.679. The zero-order chi connectivity index (χ0) is 24.0. The average Bonchev–Trinajstić information content (AvgIpc) is 3.12. The van der Waals surface area contributed by atoms with Crippen molar-refractivity contribution in [3.05, 3.63) is 70.8 Å². The lowest BCUT2D eigenvalue weighted by Crippen LogP contribution is -2.26. The van der Waals surface area contributed by atoms with Crippen molar-refractivity contribution in [2.45, 2.75) is 17.8 Å². The standard InChI is InChI=1S/C22H19ClF3N3O3S/c1-3-8-32-17-7-4-13(9-18(17)31-2)12-27-29-21-28-20(30)19(33-21)11-14-10-15(22(24,25)26)5-6-16(14)23/h3-7,9-10,12,19H,1,8,11H2,2H3,(H,28,29,30)/b27-12+. The number of nitrogens with zero attached hydrogens (tertiary/aromatic N) is 2. The van der Waals surface area contributed by atoms with E-state index in [1.807, 2.05) is 0 Å². The van der Waals surface area contributed by atoms with Crippen molar-refractivity contribution in [1.29, 1.82) is 0 Å². The first kappa shape index (κ1) is 24.7. The van der Waals surface area contributed by atoms with Crippen LogP contribution in [0, 0.1) is 0 Å². The molecule has 1 aliphatic rings. The first-order valence-corrected chi connectivity index (χ1v) is 10.8. The van der Waals surface area contributed by atoms with Crippen molar-refractivity contribution < 1.29 is 27.4 Å². The smallest absolute Gasteiger partial charge is 0.416 e. The lowest BCUT2D eigenvalue weighted by Gasteiger charge is -2.12. The number of amides is 1. The maximum Gasteiger partial charge on any atom is 0.416 e. The van der Waals surface area contributed by atoms with Crippen molar-refractivity contribution in [3.8, 4) is 11.5 Å². The summed E-state index contributed by atoms with van der Waals surface area (Å²) in [6.07, 6.45) is -1.39. The minimum Gasteiger partial charge on any atom is -0.493 e. The van der Waals surface area contributed by atoms with E-state index >= 15 is 0 Å². The van der Waals surface area contributed by atoms with E-state index in [1.54, 1.807) is 24.3 Å². The number of nitrogens with one attached hydrogen (secondary N) is 1. The molecule has 11 heteroatoms. The fourth-order valence-electron chi connectivity index (χ4n) is 2.87. The van der Waals surface area contributed by atoms with Gasteiger partial charge in [-0.25, -0.2) is 0 Å². The van der Waals surface area contributed by atoms with E-state index < -0.39 is 17.0 Å². The molecule has 0 aromatic heterocycles. The number of alkyl halides is 3. The van der Waals surface area contributed by atoms with Gasteiger partial charge in [0.25, 0.3) is 0 Å². The molecule has 1 aliphatic heterocycles. The number of benzene rings is 2. The number of carbonyl (C=O) groups is 1. The van der Waals surface area contributed by atoms with Gasteiger partial charge in [-0.1, -0.05) is 36.0 Å². The van der Waals surface area contributed by atoms with Crippen molar-refractivity contribution >= 4 is 40.7 Å². The lowest BCUT2D eigenvalue weighted by molar-refractivity contribution is -0.137. The molecule has 1 N–H and O–H groups in total. The number of rotatable bonds is 8. The van der Waals surface area contributed by atoms with Gasteiger partial charge in [-0.2, -0.15) is 18.3 Å². The number of hydrogen-bond donors (Lipinski definition) is 1. The number of hydrogen-bond acceptors (Lipinski definition) is 6. The maximum atomic E-state index is 13.0. The van der Waals surface area contributed by atoms with Crippen molar-refractivity contribution in [3.63, 3.8) is 0 Å². The summed E-state index contributed by atoms with van der Waals surface area (Å²) in [6, 6.07) is 8.22. The Morgan fingerprint density at radius 1 is 1.24 bits per heavy atom. The molecule has 1 fully saturated rings. The Balaban J connectivity index is 1.67. The quantitative estimate of drug-likeness (QED) is 0.313. The summed E-state index contributed by atoms with van der Waals surface area (Å²) < 4.78 is 49.7. The number of thioether (sulfide) groups is 1. The summed E-state index contributed by atoms with van der Waals surface area (Å²) in [6.45, 7) is 3.93. The molecule has 1 atom stereocenters. The zero-order valence-electron chi connectivity index (χ0n) is 17.4. The number of methoxy groups -OCH3 is 1. The van der Waals surface area contributed by atoms with Crippen molar-refractivity contribution in [2.24, 2.45) is 10.2 Å². The molecular weight excluding hydrogens is 479 g/mol. The molecule has 0 saturated carbocycles. The molecule has 3 rings (SSSR count). The first-order valence-electron chi connectivity index (χ1n) is 9.57. The lowest BCUT2D eigenvalue weighted by atomic mass is 10.1. The Morgan fingerprint density at radius 3 is 2.73 bits per heavy atom. The van der Waals surface area contributed by atoms with Gasteiger partial charge >= 0.3 is 6.18 Å². The highest BCUT2D eigenvalue weighted by Crippen LogP contribution is 2.34. The van der Waals surface area contributed by atoms with Gasteiger partial charge in [-0.3, -0.25) is 4.79 Å². The Hall–Kier alpha value is -2.98. The van der Waals surface area contributed by atoms with E-state index in [4.69, 9.17) is 21.1 Å². The third-order valence-corrected chi connectivity index (χ3v) is 5.90. The highest BCUT2D eigenvalue weighted by atomic mass is 35.5. The van der Waals surface area contributed by atoms with E-state index in [1.165, 1.54) is 19.4 Å². The molecule has 0 bridgehead atoms. The fraction of sp³-hybridized carbons (Fsp3) is 0.227. The van der Waals surface area contributed by atoms with Gasteiger partial charge in [0, 0.05) is 5.02 Å². The largest absolute Gasteiger partial charge is 0.493 e. The minimum atomic E-state index is -4.50. The van der Waals surface area contributed by atoms with E-state index in [-0.39, 0.29) is 28.1 Å². The molecule has 33 heavy (non-hydrogen) atoms. The second-order valence-corrected chi connectivity index (χ2v) is 8.36. The van der Waals surface area contributed by atoms with E-state index in [0.29, 0.717) is 23.7 Å². The average molecular weight is 498 g/mol. The van der Waals surface area contributed by atoms with Crippen LogP contribution in [0.1, 0.15) is 16.7 Å². The van der Waals surface area contributed by atoms with Gasteiger partial charge in [0.1, 0.15) is 6.61 Å². The van der Waals surface area contributed by atoms with Crippen LogP contribution < -0.4 is 14.8 Å². The second kappa shape index (κ2) is 10.8. The molecule has 1 unspecified atom stereocenters. The van der Waals surface area contributed by atoms with E-state index in [9.17, 15) is 18.0 Å². The minimum absolute atomic E-state index is 0.0192. The van der Waals surface area contributed by atoms with Crippen LogP contribution in [-0.4, -0.2) is 36.3 Å². The first-order chi connectivity index (χ1) is 15.7. The molecule has 0 radical (unpaired) electrons. The molecule has 6 nitrogen and oxygen atoms in total. The van der Waals surface area contributed by atoms with E-state index in [0.717, 1.165) is 23.9 Å². The Kier molecular flexibility index (Phi) is 8.04. The number of halogens is 4. The number of amidine groups is 1. The molecule has 1 heterocycles. The van der Waals surface area contributed by atoms with E-state index in [2.05, 4.69) is 22.1 Å². The molecule has 0 spiro atoms. The fourth-order valence-corrected chi connectivity index (χ4v) is 4.02. The van der Waals surface area contributed by atoms with Crippen LogP contribution in [0.4, 0.5) is 13.2 Å². The normalized spacial score (nSPS) is 17.4. The summed E-state index contributed by atoms with van der Waals surface area (Å²) in [7, 11) is 1.51. The van der Waals surface area contributed by atoms with Crippen molar-refractivity contribution in [1.82, 2.24) is 5.32 Å². The topological polar surface area (TPSA) is 72.3 Å². The predicted molar refractivity (Wildman–Crippen MR) is 123 cm³/mol. The van der Waals surface area contributed by atoms with Gasteiger partial charge in [0.15, 0.2) is 16.7 Å². The van der Waals surface area contributed by atoms with Gasteiger partial charge in [-0.15, -0.1) is 5.10 Å². The van der Waals surface area contributed by atoms with Gasteiger partial charge in [0.05, 0.1) is 24.1 Å². The Labute approximate surface area is 197 Å². The highest BCUT2D eigenvalue weighted by molar-refractivity contribution is 8.15. The predicted octanol–water partition coefficient (Wildman–Crippen LogP) is 5.10. The molecule has 2 aromatic rings. The SMILES string of the molecule is C=CCOc1ccc(/C=N/N=C2\NC(=O)C(Cc3cc(C(F)(F)F)ccc3Cl)S2)cc1OC. The Morgan fingerprint density at radius 2 is 2.03 bits per heavy atom. The van der Waals surface area contributed by atoms with Crippen LogP contribution in [0.5, 0.6) is 11.5 Å². The summed E-state index contributed by atoms with van der Waals surface area (Å²) in [4.78, 5) is 12.3. The van der Waals surface area contributed by atoms with Gasteiger partial charge < -0.3 is 14.8 Å². The number of carbonyl (C=O) groups excluding carboxylic acids is 1. The molecule has 1 amide bonds. The molecule has 1 saturated heterocycles. The van der Waals surface area contributed by atoms with Gasteiger partial charge in [0.2, 0.25) is 5.91 Å². The summed E-state index contributed by atoms with van der Waals surface area (Å²) >= 11 is 7.11. The van der Waals surface area contributed by atoms with Crippen molar-refractivity contribution in [2.75, 3.05) is 13.7 Å². The third kappa shape index (κ3) is 6.52. The summed E-state index contributed by atoms with van der Waals surface area (Å²) in [5.41, 5.74) is 0.0960. The highest BCUT2D eigenvalue weighted by Gasteiger charge is 2.34. The second-order valence-electron chi connectivity index (χ2n) is 6.76. The summed E-state index contributed by atoms with van der Waals surface area (Å²) in [5, 5.41) is 10.2. The van der Waals surface area contributed by atoms with Crippen LogP contribution in [0.2, 0.25) is 5.02 Å². The van der Waals surface area contributed by atoms with Crippen LogP contribution in [0.25, 0.3) is 0 Å². The zero-order valence-corrected chi connectivity index (χ0v) is 18.9. The van der Waals surface area contributed by atoms with Crippen LogP contribution >= 0.6 is 23.4 Å². The molecular formula is C22H19ClF3N3O3S. The van der Waals surface area contributed by atoms with Crippen LogP contribution in [-0.2, 0) is 17.4 Å². The number of ether oxygens (including phenoxy) is 2. The van der Waals surface area contributed by atoms with Crippen LogP contribution in [0.3, 0.4) is 0 Å². The molecule has 174 valence electrons. The molecule has 0 aliphatic carbocycles.